The molecule has 1 aromatic rings. The Kier molecular flexibility index (Phi) is 6.28. The van der Waals surface area contributed by atoms with Crippen molar-refractivity contribution in [2.45, 2.75) is 18.5 Å². The largest absolute Gasteiger partial charge is 0.396 e. The highest BCUT2D eigenvalue weighted by molar-refractivity contribution is 7.99. The lowest BCUT2D eigenvalue weighted by Crippen LogP contribution is -2.37. The molecule has 0 amide bonds. The highest BCUT2D eigenvalue weighted by atomic mass is 32.2. The number of anilines is 2. The van der Waals surface area contributed by atoms with Crippen LogP contribution in [0.25, 0.3) is 0 Å². The standard InChI is InChI=1S/C12H21N5O2S/c1-2-3-13-10-14-11(17-4-7-19-8-5-17)16-12(15-10)20-9-6-18/h18H,2-9H2,1H3,(H,13,14,15,16). The van der Waals surface area contributed by atoms with Gasteiger partial charge in [-0.2, -0.15) is 15.0 Å². The van der Waals surface area contributed by atoms with E-state index in [1.165, 1.54) is 11.8 Å². The van der Waals surface area contributed by atoms with Crippen molar-refractivity contribution in [3.05, 3.63) is 0 Å². The average molecular weight is 299 g/mol. The first kappa shape index (κ1) is 15.3. The van der Waals surface area contributed by atoms with Crippen LogP contribution in [0.1, 0.15) is 13.3 Å². The van der Waals surface area contributed by atoms with Crippen LogP contribution < -0.4 is 10.2 Å². The third-order valence-corrected chi connectivity index (χ3v) is 3.58. The van der Waals surface area contributed by atoms with E-state index in [0.29, 0.717) is 36.0 Å². The van der Waals surface area contributed by atoms with Gasteiger partial charge in [0.15, 0.2) is 5.16 Å². The van der Waals surface area contributed by atoms with Gasteiger partial charge in [0, 0.05) is 25.4 Å². The van der Waals surface area contributed by atoms with Crippen molar-refractivity contribution >= 4 is 23.7 Å². The lowest BCUT2D eigenvalue weighted by Gasteiger charge is -2.27. The van der Waals surface area contributed by atoms with Gasteiger partial charge in [0.2, 0.25) is 11.9 Å². The second kappa shape index (κ2) is 8.23. The number of morpholine rings is 1. The fraction of sp³-hybridized carbons (Fsp3) is 0.750. The average Bonchev–Trinajstić information content (AvgIpc) is 2.51. The quantitative estimate of drug-likeness (QED) is 0.709. The van der Waals surface area contributed by atoms with Crippen LogP contribution in [-0.4, -0.2) is 65.3 Å². The second-order valence-corrected chi connectivity index (χ2v) is 5.40. The van der Waals surface area contributed by atoms with Gasteiger partial charge in [0.05, 0.1) is 19.8 Å². The fourth-order valence-corrected chi connectivity index (χ4v) is 2.34. The molecule has 0 aliphatic carbocycles. The summed E-state index contributed by atoms with van der Waals surface area (Å²) < 4.78 is 5.34. The number of hydrogen-bond donors (Lipinski definition) is 2. The molecule has 2 heterocycles. The van der Waals surface area contributed by atoms with E-state index >= 15 is 0 Å². The Morgan fingerprint density at radius 2 is 2.10 bits per heavy atom. The van der Waals surface area contributed by atoms with Crippen LogP contribution in [0, 0.1) is 0 Å². The molecule has 0 radical (unpaired) electrons. The summed E-state index contributed by atoms with van der Waals surface area (Å²) in [7, 11) is 0. The van der Waals surface area contributed by atoms with E-state index in [4.69, 9.17) is 9.84 Å². The highest BCUT2D eigenvalue weighted by Crippen LogP contribution is 2.19. The third-order valence-electron chi connectivity index (χ3n) is 2.75. The summed E-state index contributed by atoms with van der Waals surface area (Å²) in [5.41, 5.74) is 0. The number of nitrogens with zero attached hydrogens (tertiary/aromatic N) is 4. The number of nitrogens with one attached hydrogen (secondary N) is 1. The Morgan fingerprint density at radius 3 is 2.80 bits per heavy atom. The summed E-state index contributed by atoms with van der Waals surface area (Å²) in [6.45, 7) is 6.02. The van der Waals surface area contributed by atoms with Crippen LogP contribution in [0.5, 0.6) is 0 Å². The molecule has 1 aromatic heterocycles. The summed E-state index contributed by atoms with van der Waals surface area (Å²) in [4.78, 5) is 15.4. The first-order chi connectivity index (χ1) is 9.83. The van der Waals surface area contributed by atoms with Crippen LogP contribution in [0.3, 0.4) is 0 Å². The van der Waals surface area contributed by atoms with Gasteiger partial charge < -0.3 is 20.1 Å². The van der Waals surface area contributed by atoms with Crippen LogP contribution >= 0.6 is 11.8 Å². The maximum atomic E-state index is 8.92. The van der Waals surface area contributed by atoms with E-state index in [-0.39, 0.29) is 6.61 Å². The molecule has 8 heteroatoms. The SMILES string of the molecule is CCCNc1nc(SCCO)nc(N2CCOCC2)n1. The minimum Gasteiger partial charge on any atom is -0.396 e. The van der Waals surface area contributed by atoms with Gasteiger partial charge in [0.25, 0.3) is 0 Å². The number of ether oxygens (including phenoxy) is 1. The molecule has 2 rings (SSSR count). The Labute approximate surface area is 123 Å². The smallest absolute Gasteiger partial charge is 0.231 e. The molecule has 1 aliphatic rings. The predicted molar refractivity (Wildman–Crippen MR) is 79.4 cm³/mol. The molecule has 0 spiro atoms. The zero-order valence-corrected chi connectivity index (χ0v) is 12.5. The Balaban J connectivity index is 2.14. The first-order valence-corrected chi connectivity index (χ1v) is 7.88. The number of aliphatic hydroxyl groups is 1. The second-order valence-electron chi connectivity index (χ2n) is 4.34. The minimum atomic E-state index is 0.112. The van der Waals surface area contributed by atoms with E-state index in [2.05, 4.69) is 32.1 Å². The van der Waals surface area contributed by atoms with E-state index in [9.17, 15) is 0 Å². The van der Waals surface area contributed by atoms with E-state index < -0.39 is 0 Å². The third kappa shape index (κ3) is 4.46. The van der Waals surface area contributed by atoms with E-state index in [1.54, 1.807) is 0 Å². The van der Waals surface area contributed by atoms with Gasteiger partial charge in [-0.3, -0.25) is 0 Å². The van der Waals surface area contributed by atoms with Crippen LogP contribution in [0.2, 0.25) is 0 Å². The fourth-order valence-electron chi connectivity index (χ4n) is 1.77. The number of thioether (sulfide) groups is 1. The molecular formula is C12H21N5O2S. The molecule has 0 saturated carbocycles. The molecule has 1 saturated heterocycles. The van der Waals surface area contributed by atoms with Gasteiger partial charge in [0.1, 0.15) is 0 Å². The minimum absolute atomic E-state index is 0.112. The van der Waals surface area contributed by atoms with Crippen molar-refractivity contribution in [2.24, 2.45) is 0 Å². The van der Waals surface area contributed by atoms with Crippen molar-refractivity contribution in [1.82, 2.24) is 15.0 Å². The summed E-state index contributed by atoms with van der Waals surface area (Å²) >= 11 is 1.44. The van der Waals surface area contributed by atoms with Crippen LogP contribution in [0.4, 0.5) is 11.9 Å². The monoisotopic (exact) mass is 299 g/mol. The summed E-state index contributed by atoms with van der Waals surface area (Å²) in [5, 5.41) is 12.8. The molecule has 0 aromatic carbocycles. The summed E-state index contributed by atoms with van der Waals surface area (Å²) in [6, 6.07) is 0. The molecular weight excluding hydrogens is 278 g/mol. The first-order valence-electron chi connectivity index (χ1n) is 6.89. The molecule has 0 atom stereocenters. The number of aliphatic hydroxyl groups excluding tert-OH is 1. The van der Waals surface area contributed by atoms with E-state index in [0.717, 1.165) is 26.1 Å². The molecule has 0 unspecified atom stereocenters. The zero-order chi connectivity index (χ0) is 14.2. The van der Waals surface area contributed by atoms with E-state index in [1.807, 2.05) is 0 Å². The molecule has 1 fully saturated rings. The van der Waals surface area contributed by atoms with Gasteiger partial charge in [-0.15, -0.1) is 0 Å². The molecule has 2 N–H and O–H groups in total. The molecule has 112 valence electrons. The molecule has 20 heavy (non-hydrogen) atoms. The topological polar surface area (TPSA) is 83.4 Å². The molecule has 0 bridgehead atoms. The van der Waals surface area contributed by atoms with Crippen molar-refractivity contribution in [3.8, 4) is 0 Å². The summed E-state index contributed by atoms with van der Waals surface area (Å²) in [6.07, 6.45) is 1.01. The maximum absolute atomic E-state index is 8.92. The van der Waals surface area contributed by atoms with Gasteiger partial charge >= 0.3 is 0 Å². The Hall–Kier alpha value is -1.12. The lowest BCUT2D eigenvalue weighted by atomic mass is 10.4. The van der Waals surface area contributed by atoms with Gasteiger partial charge in [-0.1, -0.05) is 18.7 Å². The zero-order valence-electron chi connectivity index (χ0n) is 11.7. The predicted octanol–water partition coefficient (Wildman–Crippen LogP) is 0.614. The van der Waals surface area contributed by atoms with Crippen molar-refractivity contribution < 1.29 is 9.84 Å². The summed E-state index contributed by atoms with van der Waals surface area (Å²) in [5.74, 6) is 1.87. The Morgan fingerprint density at radius 1 is 1.30 bits per heavy atom. The molecule has 1 aliphatic heterocycles. The normalized spacial score (nSPS) is 15.4. The van der Waals surface area contributed by atoms with Crippen LogP contribution in [-0.2, 0) is 4.74 Å². The number of hydrogen-bond acceptors (Lipinski definition) is 8. The van der Waals surface area contributed by atoms with Crippen molar-refractivity contribution in [2.75, 3.05) is 55.4 Å². The number of aromatic nitrogens is 3. The Bertz CT molecular complexity index is 389. The van der Waals surface area contributed by atoms with Gasteiger partial charge in [-0.05, 0) is 6.42 Å². The number of rotatable bonds is 7. The van der Waals surface area contributed by atoms with Crippen LogP contribution in [0.15, 0.2) is 5.16 Å². The lowest BCUT2D eigenvalue weighted by molar-refractivity contribution is 0.122. The molecule has 7 nitrogen and oxygen atoms in total. The highest BCUT2D eigenvalue weighted by Gasteiger charge is 2.16. The maximum Gasteiger partial charge on any atom is 0.231 e. The van der Waals surface area contributed by atoms with Gasteiger partial charge in [-0.25, -0.2) is 0 Å². The van der Waals surface area contributed by atoms with Crippen molar-refractivity contribution in [1.29, 1.82) is 0 Å². The van der Waals surface area contributed by atoms with Crippen molar-refractivity contribution in [3.63, 3.8) is 0 Å².